The Morgan fingerprint density at radius 3 is 2.81 bits per heavy atom. The molecular formula is C21H21BrClNO2S. The van der Waals surface area contributed by atoms with Crippen molar-refractivity contribution >= 4 is 51.3 Å². The Morgan fingerprint density at radius 1 is 1.26 bits per heavy atom. The van der Waals surface area contributed by atoms with Gasteiger partial charge < -0.3 is 10.0 Å². The Bertz CT molecular complexity index is 843. The number of aliphatic hydroxyl groups excluding tert-OH is 1. The minimum absolute atomic E-state index is 0.0202. The Morgan fingerprint density at radius 2 is 2.07 bits per heavy atom. The number of rotatable bonds is 5. The van der Waals surface area contributed by atoms with Crippen LogP contribution in [0.4, 0.5) is 0 Å². The summed E-state index contributed by atoms with van der Waals surface area (Å²) in [6.07, 6.45) is 6.26. The summed E-state index contributed by atoms with van der Waals surface area (Å²) in [6.45, 7) is 0.725. The van der Waals surface area contributed by atoms with E-state index >= 15 is 0 Å². The van der Waals surface area contributed by atoms with Gasteiger partial charge in [0.15, 0.2) is 0 Å². The van der Waals surface area contributed by atoms with Gasteiger partial charge in [0.05, 0.1) is 17.7 Å². The van der Waals surface area contributed by atoms with Crippen LogP contribution in [0.2, 0.25) is 5.02 Å². The van der Waals surface area contributed by atoms with Crippen LogP contribution in [0, 0.1) is 0 Å². The third-order valence-electron chi connectivity index (χ3n) is 4.55. The molecule has 3 nitrogen and oxygen atoms in total. The van der Waals surface area contributed by atoms with Crippen LogP contribution in [0.5, 0.6) is 0 Å². The molecular weight excluding hydrogens is 446 g/mol. The maximum Gasteiger partial charge on any atom is 0.246 e. The summed E-state index contributed by atoms with van der Waals surface area (Å²) in [4.78, 5) is 16.3. The molecule has 1 amide bonds. The average Bonchev–Trinajstić information content (AvgIpc) is 2.69. The van der Waals surface area contributed by atoms with Crippen LogP contribution >= 0.6 is 39.3 Å². The van der Waals surface area contributed by atoms with Crippen molar-refractivity contribution in [3.05, 3.63) is 63.6 Å². The third-order valence-corrected chi connectivity index (χ3v) is 7.08. The van der Waals surface area contributed by atoms with Crippen LogP contribution in [-0.2, 0) is 4.79 Å². The molecule has 6 heteroatoms. The van der Waals surface area contributed by atoms with Gasteiger partial charge in [0, 0.05) is 26.9 Å². The summed E-state index contributed by atoms with van der Waals surface area (Å²) < 4.78 is 1.03. The van der Waals surface area contributed by atoms with Crippen molar-refractivity contribution in [1.29, 1.82) is 0 Å². The maximum atomic E-state index is 12.5. The van der Waals surface area contributed by atoms with Crippen molar-refractivity contribution in [2.45, 2.75) is 35.1 Å². The van der Waals surface area contributed by atoms with E-state index in [4.69, 9.17) is 11.6 Å². The molecule has 0 bridgehead atoms. The molecule has 1 N–H and O–H groups in total. The first-order chi connectivity index (χ1) is 13.1. The van der Waals surface area contributed by atoms with E-state index in [2.05, 4.69) is 15.9 Å². The lowest BCUT2D eigenvalue weighted by Crippen LogP contribution is -2.44. The zero-order valence-electron chi connectivity index (χ0n) is 14.8. The maximum absolute atomic E-state index is 12.5. The fraction of sp³-hybridized carbons (Fsp3) is 0.286. The lowest BCUT2D eigenvalue weighted by atomic mass is 10.0. The predicted octanol–water partition coefficient (Wildman–Crippen LogP) is 5.64. The van der Waals surface area contributed by atoms with Gasteiger partial charge in [-0.25, -0.2) is 0 Å². The van der Waals surface area contributed by atoms with E-state index in [9.17, 15) is 9.90 Å². The topological polar surface area (TPSA) is 40.5 Å². The molecule has 1 fully saturated rings. The van der Waals surface area contributed by atoms with Gasteiger partial charge >= 0.3 is 0 Å². The molecule has 0 aromatic heterocycles. The first-order valence-electron chi connectivity index (χ1n) is 8.90. The number of nitrogens with zero attached hydrogens (tertiary/aromatic N) is 1. The largest absolute Gasteiger partial charge is 0.394 e. The zero-order chi connectivity index (χ0) is 19.2. The number of amides is 1. The third kappa shape index (κ3) is 5.38. The predicted molar refractivity (Wildman–Crippen MR) is 115 cm³/mol. The molecule has 1 heterocycles. The van der Waals surface area contributed by atoms with Crippen LogP contribution in [0.3, 0.4) is 0 Å². The van der Waals surface area contributed by atoms with Crippen molar-refractivity contribution in [3.8, 4) is 0 Å². The standard InChI is InChI=1S/C21H21BrClNO2S/c22-17-6-1-2-7-19(17)27-20-10-8-15(13-18(20)23)9-11-21(26)24-12-4-3-5-16(24)14-25/h1-2,6-11,13,16,25H,3-5,12,14H2/b11-9+. The molecule has 0 saturated carbocycles. The highest BCUT2D eigenvalue weighted by molar-refractivity contribution is 9.10. The second-order valence-electron chi connectivity index (χ2n) is 6.42. The summed E-state index contributed by atoms with van der Waals surface area (Å²) in [6, 6.07) is 13.7. The molecule has 2 aromatic rings. The second-order valence-corrected chi connectivity index (χ2v) is 8.76. The van der Waals surface area contributed by atoms with Crippen LogP contribution < -0.4 is 0 Å². The van der Waals surface area contributed by atoms with E-state index in [-0.39, 0.29) is 18.6 Å². The Labute approximate surface area is 177 Å². The molecule has 0 aliphatic carbocycles. The minimum atomic E-state index is -0.0671. The van der Waals surface area contributed by atoms with Gasteiger partial charge in [-0.05, 0) is 71.1 Å². The van der Waals surface area contributed by atoms with Crippen molar-refractivity contribution in [2.24, 2.45) is 0 Å². The smallest absolute Gasteiger partial charge is 0.246 e. The number of carbonyl (C=O) groups excluding carboxylic acids is 1. The lowest BCUT2D eigenvalue weighted by Gasteiger charge is -2.33. The minimum Gasteiger partial charge on any atom is -0.394 e. The van der Waals surface area contributed by atoms with Crippen molar-refractivity contribution in [3.63, 3.8) is 0 Å². The number of aliphatic hydroxyl groups is 1. The van der Waals surface area contributed by atoms with Gasteiger partial charge in [0.1, 0.15) is 0 Å². The second kappa shape index (κ2) is 9.78. The average molecular weight is 467 g/mol. The number of benzene rings is 2. The van der Waals surface area contributed by atoms with Crippen molar-refractivity contribution < 1.29 is 9.90 Å². The Kier molecular flexibility index (Phi) is 7.41. The van der Waals surface area contributed by atoms with Gasteiger partial charge in [-0.15, -0.1) is 0 Å². The number of carbonyl (C=O) groups is 1. The molecule has 0 spiro atoms. The summed E-state index contributed by atoms with van der Waals surface area (Å²) in [5.41, 5.74) is 0.877. The van der Waals surface area contributed by atoms with E-state index in [1.807, 2.05) is 42.5 Å². The quantitative estimate of drug-likeness (QED) is 0.580. The van der Waals surface area contributed by atoms with Crippen LogP contribution in [0.25, 0.3) is 6.08 Å². The van der Waals surface area contributed by atoms with Crippen LogP contribution in [0.1, 0.15) is 24.8 Å². The first kappa shape index (κ1) is 20.5. The fourth-order valence-electron chi connectivity index (χ4n) is 3.09. The molecule has 27 heavy (non-hydrogen) atoms. The molecule has 1 aliphatic heterocycles. The molecule has 1 aliphatic rings. The van der Waals surface area contributed by atoms with Crippen molar-refractivity contribution in [2.75, 3.05) is 13.2 Å². The monoisotopic (exact) mass is 465 g/mol. The summed E-state index contributed by atoms with van der Waals surface area (Å²) in [5.74, 6) is -0.0588. The van der Waals surface area contributed by atoms with Crippen molar-refractivity contribution in [1.82, 2.24) is 4.90 Å². The molecule has 1 saturated heterocycles. The molecule has 3 rings (SSSR count). The Hall–Kier alpha value is -1.27. The highest BCUT2D eigenvalue weighted by Crippen LogP contribution is 2.37. The van der Waals surface area contributed by atoms with Gasteiger partial charge in [-0.3, -0.25) is 4.79 Å². The van der Waals surface area contributed by atoms with Gasteiger partial charge in [-0.1, -0.05) is 41.6 Å². The van der Waals surface area contributed by atoms with E-state index < -0.39 is 0 Å². The van der Waals surface area contributed by atoms with Gasteiger partial charge in [0.25, 0.3) is 0 Å². The van der Waals surface area contributed by atoms with Crippen LogP contribution in [0.15, 0.2) is 62.8 Å². The Balaban J connectivity index is 1.69. The molecule has 2 aromatic carbocycles. The van der Waals surface area contributed by atoms with E-state index in [1.54, 1.807) is 28.8 Å². The fourth-order valence-corrected chi connectivity index (χ4v) is 4.77. The number of likely N-dealkylation sites (tertiary alicyclic amines) is 1. The van der Waals surface area contributed by atoms with E-state index in [0.717, 1.165) is 39.1 Å². The summed E-state index contributed by atoms with van der Waals surface area (Å²) >= 11 is 11.6. The SMILES string of the molecule is O=C(/C=C/c1ccc(Sc2ccccc2Br)c(Cl)c1)N1CCCCC1CO. The highest BCUT2D eigenvalue weighted by atomic mass is 79.9. The van der Waals surface area contributed by atoms with E-state index in [1.165, 1.54) is 0 Å². The number of hydrogen-bond acceptors (Lipinski definition) is 3. The number of piperidine rings is 1. The van der Waals surface area contributed by atoms with Crippen LogP contribution in [-0.4, -0.2) is 35.1 Å². The number of hydrogen-bond donors (Lipinski definition) is 1. The normalized spacial score (nSPS) is 17.4. The molecule has 1 unspecified atom stereocenters. The summed E-state index contributed by atoms with van der Waals surface area (Å²) in [5, 5.41) is 10.1. The zero-order valence-corrected chi connectivity index (χ0v) is 17.9. The molecule has 0 radical (unpaired) electrons. The number of halogens is 2. The lowest BCUT2D eigenvalue weighted by molar-refractivity contribution is -0.130. The first-order valence-corrected chi connectivity index (χ1v) is 10.9. The summed E-state index contributed by atoms with van der Waals surface area (Å²) in [7, 11) is 0. The van der Waals surface area contributed by atoms with Gasteiger partial charge in [0.2, 0.25) is 5.91 Å². The van der Waals surface area contributed by atoms with Gasteiger partial charge in [-0.2, -0.15) is 0 Å². The molecule has 142 valence electrons. The molecule has 1 atom stereocenters. The van der Waals surface area contributed by atoms with E-state index in [0.29, 0.717) is 11.6 Å². The highest BCUT2D eigenvalue weighted by Gasteiger charge is 2.24.